The van der Waals surface area contributed by atoms with E-state index in [2.05, 4.69) is 20.4 Å². The zero-order valence-electron chi connectivity index (χ0n) is 15.9. The summed E-state index contributed by atoms with van der Waals surface area (Å²) in [4.78, 5) is 40.7. The van der Waals surface area contributed by atoms with Crippen molar-refractivity contribution in [3.8, 4) is 10.6 Å². The molecule has 0 radical (unpaired) electrons. The molecule has 7 nitrogen and oxygen atoms in total. The molecule has 8 heteroatoms. The highest BCUT2D eigenvalue weighted by atomic mass is 32.1. The highest BCUT2D eigenvalue weighted by molar-refractivity contribution is 7.17. The fourth-order valence-corrected chi connectivity index (χ4v) is 3.50. The van der Waals surface area contributed by atoms with Gasteiger partial charge in [0.15, 0.2) is 0 Å². The number of nitrogens with one attached hydrogen (secondary N) is 2. The third-order valence-electron chi connectivity index (χ3n) is 4.05. The molecule has 2 aromatic carbocycles. The molecule has 1 aromatic heterocycles. The smallest absolute Gasteiger partial charge is 0.325 e. The number of amides is 2. The van der Waals surface area contributed by atoms with Gasteiger partial charge in [0.05, 0.1) is 12.8 Å². The lowest BCUT2D eigenvalue weighted by Crippen LogP contribution is -2.30. The zero-order chi connectivity index (χ0) is 20.8. The number of thiazole rings is 1. The fraction of sp³-hybridized carbons (Fsp3) is 0.143. The van der Waals surface area contributed by atoms with Gasteiger partial charge in [-0.05, 0) is 31.2 Å². The minimum atomic E-state index is -0.531. The summed E-state index contributed by atoms with van der Waals surface area (Å²) in [5, 5.41) is 6.05. The highest BCUT2D eigenvalue weighted by Gasteiger charge is 2.16. The van der Waals surface area contributed by atoms with E-state index in [1.807, 2.05) is 30.3 Å². The van der Waals surface area contributed by atoms with E-state index in [1.165, 1.54) is 18.4 Å². The Morgan fingerprint density at radius 1 is 1.00 bits per heavy atom. The molecule has 0 aliphatic rings. The van der Waals surface area contributed by atoms with Gasteiger partial charge in [0.1, 0.15) is 16.4 Å². The summed E-state index contributed by atoms with van der Waals surface area (Å²) in [5.41, 5.74) is 2.54. The first-order valence-electron chi connectivity index (χ1n) is 8.77. The Morgan fingerprint density at radius 2 is 1.69 bits per heavy atom. The summed E-state index contributed by atoms with van der Waals surface area (Å²) < 4.78 is 4.48. The summed E-state index contributed by atoms with van der Waals surface area (Å²) in [6.45, 7) is 1.59. The van der Waals surface area contributed by atoms with Crippen LogP contribution in [0.4, 0.5) is 5.69 Å². The predicted octanol–water partition coefficient (Wildman–Crippen LogP) is 3.27. The van der Waals surface area contributed by atoms with E-state index in [0.29, 0.717) is 21.8 Å². The van der Waals surface area contributed by atoms with Crippen LogP contribution in [0.25, 0.3) is 10.6 Å². The maximum absolute atomic E-state index is 12.6. The summed E-state index contributed by atoms with van der Waals surface area (Å²) in [7, 11) is 1.25. The van der Waals surface area contributed by atoms with Crippen molar-refractivity contribution in [1.82, 2.24) is 10.3 Å². The van der Waals surface area contributed by atoms with Crippen LogP contribution in [0.5, 0.6) is 0 Å². The van der Waals surface area contributed by atoms with Crippen LogP contribution in [0.15, 0.2) is 54.6 Å². The van der Waals surface area contributed by atoms with Crippen LogP contribution in [-0.4, -0.2) is 36.4 Å². The number of methoxy groups -OCH3 is 1. The summed E-state index contributed by atoms with van der Waals surface area (Å²) in [5.74, 6) is -1.19. The number of aromatic nitrogens is 1. The molecule has 3 rings (SSSR count). The second kappa shape index (κ2) is 9.11. The topological polar surface area (TPSA) is 97.4 Å². The fourth-order valence-electron chi connectivity index (χ4n) is 2.53. The molecule has 0 atom stereocenters. The van der Waals surface area contributed by atoms with Gasteiger partial charge in [-0.1, -0.05) is 30.3 Å². The number of benzene rings is 2. The molecule has 29 heavy (non-hydrogen) atoms. The number of hydrogen-bond acceptors (Lipinski definition) is 6. The largest absolute Gasteiger partial charge is 0.468 e. The summed E-state index contributed by atoms with van der Waals surface area (Å²) >= 11 is 1.33. The number of rotatable bonds is 6. The second-order valence-electron chi connectivity index (χ2n) is 6.09. The van der Waals surface area contributed by atoms with Crippen LogP contribution < -0.4 is 10.6 Å². The maximum atomic E-state index is 12.6. The third-order valence-corrected chi connectivity index (χ3v) is 5.25. The zero-order valence-corrected chi connectivity index (χ0v) is 16.7. The van der Waals surface area contributed by atoms with Crippen LogP contribution in [0.1, 0.15) is 25.7 Å². The number of carbonyl (C=O) groups is 3. The summed E-state index contributed by atoms with van der Waals surface area (Å²) in [6, 6.07) is 16.1. The highest BCUT2D eigenvalue weighted by Crippen LogP contribution is 2.28. The molecular weight excluding hydrogens is 390 g/mol. The molecule has 1 heterocycles. The van der Waals surface area contributed by atoms with Gasteiger partial charge in [0, 0.05) is 16.8 Å². The van der Waals surface area contributed by atoms with Gasteiger partial charge in [-0.15, -0.1) is 11.3 Å². The van der Waals surface area contributed by atoms with Crippen molar-refractivity contribution in [2.45, 2.75) is 6.92 Å². The number of aryl methyl sites for hydroxylation is 1. The number of esters is 1. The van der Waals surface area contributed by atoms with E-state index in [4.69, 9.17) is 0 Å². The lowest BCUT2D eigenvalue weighted by atomic mass is 10.2. The number of hydrogen-bond donors (Lipinski definition) is 2. The van der Waals surface area contributed by atoms with Crippen molar-refractivity contribution in [2.24, 2.45) is 0 Å². The standard InChI is InChI=1S/C21H19N3O4S/c1-13-18(29-21(23-13)15-6-4-3-5-7-15)20(27)24-16-10-8-14(9-11-16)19(26)22-12-17(25)28-2/h3-11H,12H2,1-2H3,(H,22,26)(H,24,27). The van der Waals surface area contributed by atoms with Crippen LogP contribution >= 0.6 is 11.3 Å². The Balaban J connectivity index is 1.66. The minimum absolute atomic E-state index is 0.206. The maximum Gasteiger partial charge on any atom is 0.325 e. The minimum Gasteiger partial charge on any atom is -0.468 e. The normalized spacial score (nSPS) is 10.3. The van der Waals surface area contributed by atoms with Crippen LogP contribution in [0.2, 0.25) is 0 Å². The molecule has 0 aliphatic carbocycles. The first kappa shape index (κ1) is 20.2. The van der Waals surface area contributed by atoms with Gasteiger partial charge < -0.3 is 15.4 Å². The number of carbonyl (C=O) groups excluding carboxylic acids is 3. The number of nitrogens with zero attached hydrogens (tertiary/aromatic N) is 1. The molecule has 0 saturated heterocycles. The van der Waals surface area contributed by atoms with Crippen molar-refractivity contribution in [3.63, 3.8) is 0 Å². The predicted molar refractivity (Wildman–Crippen MR) is 111 cm³/mol. The van der Waals surface area contributed by atoms with E-state index in [0.717, 1.165) is 10.6 Å². The van der Waals surface area contributed by atoms with Gasteiger partial charge in [0.25, 0.3) is 11.8 Å². The molecule has 148 valence electrons. The van der Waals surface area contributed by atoms with Crippen molar-refractivity contribution in [3.05, 3.63) is 70.7 Å². The molecule has 2 amide bonds. The van der Waals surface area contributed by atoms with Gasteiger partial charge in [-0.25, -0.2) is 4.98 Å². The lowest BCUT2D eigenvalue weighted by molar-refractivity contribution is -0.139. The Bertz CT molecular complexity index is 1030. The number of anilines is 1. The monoisotopic (exact) mass is 409 g/mol. The van der Waals surface area contributed by atoms with Gasteiger partial charge >= 0.3 is 5.97 Å². The quantitative estimate of drug-likeness (QED) is 0.609. The average molecular weight is 409 g/mol. The second-order valence-corrected chi connectivity index (χ2v) is 7.09. The Hall–Kier alpha value is -3.52. The first-order valence-corrected chi connectivity index (χ1v) is 9.59. The Labute approximate surface area is 171 Å². The summed E-state index contributed by atoms with van der Waals surface area (Å²) in [6.07, 6.45) is 0. The van der Waals surface area contributed by atoms with Crippen LogP contribution in [-0.2, 0) is 9.53 Å². The van der Waals surface area contributed by atoms with Crippen molar-refractivity contribution < 1.29 is 19.1 Å². The Kier molecular flexibility index (Phi) is 6.36. The van der Waals surface area contributed by atoms with E-state index in [-0.39, 0.29) is 12.5 Å². The molecule has 0 unspecified atom stereocenters. The Morgan fingerprint density at radius 3 is 2.34 bits per heavy atom. The number of ether oxygens (including phenoxy) is 1. The van der Waals surface area contributed by atoms with Crippen LogP contribution in [0, 0.1) is 6.92 Å². The molecule has 2 N–H and O–H groups in total. The van der Waals surface area contributed by atoms with E-state index in [1.54, 1.807) is 31.2 Å². The van der Waals surface area contributed by atoms with Crippen molar-refractivity contribution in [2.75, 3.05) is 19.0 Å². The molecule has 0 bridgehead atoms. The van der Waals surface area contributed by atoms with Gasteiger partial charge in [0.2, 0.25) is 0 Å². The van der Waals surface area contributed by atoms with Crippen molar-refractivity contribution in [1.29, 1.82) is 0 Å². The lowest BCUT2D eigenvalue weighted by Gasteiger charge is -2.06. The molecule has 0 fully saturated rings. The van der Waals surface area contributed by atoms with Gasteiger partial charge in [-0.2, -0.15) is 0 Å². The van der Waals surface area contributed by atoms with Crippen LogP contribution in [0.3, 0.4) is 0 Å². The van der Waals surface area contributed by atoms with E-state index < -0.39 is 11.9 Å². The van der Waals surface area contributed by atoms with Gasteiger partial charge in [-0.3, -0.25) is 14.4 Å². The molecular formula is C21H19N3O4S. The van der Waals surface area contributed by atoms with E-state index >= 15 is 0 Å². The molecule has 3 aromatic rings. The van der Waals surface area contributed by atoms with Crippen molar-refractivity contribution >= 4 is 34.8 Å². The molecule has 0 aliphatic heterocycles. The molecule has 0 saturated carbocycles. The first-order chi connectivity index (χ1) is 14.0. The SMILES string of the molecule is COC(=O)CNC(=O)c1ccc(NC(=O)c2sc(-c3ccccc3)nc2C)cc1. The van der Waals surface area contributed by atoms with E-state index in [9.17, 15) is 14.4 Å². The third kappa shape index (κ3) is 5.05. The average Bonchev–Trinajstić information content (AvgIpc) is 3.14. The molecule has 0 spiro atoms.